The summed E-state index contributed by atoms with van der Waals surface area (Å²) in [4.78, 5) is 0. The summed E-state index contributed by atoms with van der Waals surface area (Å²) in [6, 6.07) is 2.25. The van der Waals surface area contributed by atoms with E-state index in [4.69, 9.17) is 0 Å². The molecule has 10 heteroatoms. The first-order valence-corrected chi connectivity index (χ1v) is 17.6. The predicted molar refractivity (Wildman–Crippen MR) is 145 cm³/mol. The van der Waals surface area contributed by atoms with Crippen LogP contribution in [0.25, 0.3) is 0 Å². The molecule has 1 atom stereocenters. The van der Waals surface area contributed by atoms with Crippen LogP contribution in [0.15, 0.2) is 42.2 Å². The second-order valence-corrected chi connectivity index (χ2v) is 17.9. The zero-order valence-corrected chi connectivity index (χ0v) is 22.3. The third kappa shape index (κ3) is 5.29. The zero-order valence-electron chi connectivity index (χ0n) is 14.1. The molecule has 0 spiro atoms. The molecule has 0 aromatic carbocycles. The van der Waals surface area contributed by atoms with Gasteiger partial charge in [0.1, 0.15) is 0 Å². The molecule has 1 unspecified atom stereocenters. The van der Waals surface area contributed by atoms with E-state index in [-0.39, 0.29) is 0 Å². The average molecular weight is 541 g/mol. The van der Waals surface area contributed by atoms with Crippen molar-refractivity contribution in [2.75, 3.05) is 23.0 Å². The van der Waals surface area contributed by atoms with Crippen molar-refractivity contribution in [2.45, 2.75) is 17.4 Å². The van der Waals surface area contributed by atoms with Gasteiger partial charge in [-0.1, -0.05) is 47.0 Å². The molecule has 4 aliphatic heterocycles. The lowest BCUT2D eigenvalue weighted by Crippen LogP contribution is -2.10. The zero-order chi connectivity index (χ0) is 18.1. The van der Waals surface area contributed by atoms with Crippen molar-refractivity contribution in [1.82, 2.24) is 0 Å². The highest BCUT2D eigenvalue weighted by Crippen LogP contribution is 2.68. The Kier molecular flexibility index (Phi) is 7.85. The minimum atomic E-state index is 0.780. The number of hydrogen-bond acceptors (Lipinski definition) is 10. The van der Waals surface area contributed by atoms with Gasteiger partial charge in [-0.3, -0.25) is 0 Å². The van der Waals surface area contributed by atoms with E-state index in [1.54, 1.807) is 16.9 Å². The number of hydrogen-bond donors (Lipinski definition) is 0. The fourth-order valence-electron chi connectivity index (χ4n) is 2.59. The van der Waals surface area contributed by atoms with Crippen LogP contribution in [0.1, 0.15) is 12.0 Å². The average Bonchev–Trinajstić information content (AvgIpc) is 3.43. The van der Waals surface area contributed by atoms with E-state index >= 15 is 0 Å². The van der Waals surface area contributed by atoms with Gasteiger partial charge in [0.2, 0.25) is 0 Å². The highest BCUT2D eigenvalue weighted by molar-refractivity contribution is 8.45. The Labute approximate surface area is 203 Å². The first-order chi connectivity index (χ1) is 13.3. The molecule has 4 aliphatic rings. The quantitative estimate of drug-likeness (QED) is 0.332. The highest BCUT2D eigenvalue weighted by Gasteiger charge is 2.34. The van der Waals surface area contributed by atoms with Crippen molar-refractivity contribution in [2.24, 2.45) is 0 Å². The number of thiophene rings is 1. The Bertz CT molecular complexity index is 771. The maximum Gasteiger partial charge on any atom is 0.0717 e. The second-order valence-electron chi connectivity index (χ2n) is 5.85. The van der Waals surface area contributed by atoms with E-state index in [0.29, 0.717) is 0 Å². The van der Waals surface area contributed by atoms with Gasteiger partial charge in [-0.15, -0.1) is 47.0 Å². The molecule has 0 saturated heterocycles. The molecule has 27 heavy (non-hydrogen) atoms. The molecule has 0 amide bonds. The number of rotatable bonds is 5. The topological polar surface area (TPSA) is 0 Å². The Balaban J connectivity index is 1.12. The Morgan fingerprint density at radius 3 is 2.26 bits per heavy atom. The maximum atomic E-state index is 2.28. The molecule has 0 bridgehead atoms. The van der Waals surface area contributed by atoms with Crippen molar-refractivity contribution in [3.63, 3.8) is 0 Å². The van der Waals surface area contributed by atoms with Crippen molar-refractivity contribution in [3.8, 4) is 0 Å². The molecule has 5 rings (SSSR count). The summed E-state index contributed by atoms with van der Waals surface area (Å²) in [5.41, 5.74) is 1.49. The van der Waals surface area contributed by atoms with Crippen LogP contribution in [0.3, 0.4) is 0 Å². The van der Waals surface area contributed by atoms with Crippen LogP contribution in [0.2, 0.25) is 0 Å². The normalized spacial score (nSPS) is 25.4. The largest absolute Gasteiger partial charge is 0.157 e. The van der Waals surface area contributed by atoms with Crippen LogP contribution in [-0.4, -0.2) is 28.3 Å². The fraction of sp³-hybridized carbons (Fsp3) is 0.412. The fourth-order valence-corrected chi connectivity index (χ4v) is 17.2. The summed E-state index contributed by atoms with van der Waals surface area (Å²) in [5.74, 6) is 6.27. The van der Waals surface area contributed by atoms with E-state index < -0.39 is 0 Å². The molecule has 1 aromatic heterocycles. The molecule has 0 nitrogen and oxygen atoms in total. The van der Waals surface area contributed by atoms with Crippen molar-refractivity contribution >= 4 is 117 Å². The number of thioether (sulfide) groups is 9. The van der Waals surface area contributed by atoms with E-state index in [9.17, 15) is 0 Å². The minimum Gasteiger partial charge on any atom is -0.157 e. The van der Waals surface area contributed by atoms with Gasteiger partial charge in [-0.05, 0) is 34.6 Å². The maximum absolute atomic E-state index is 2.28. The second kappa shape index (κ2) is 10.1. The van der Waals surface area contributed by atoms with Gasteiger partial charge in [-0.2, -0.15) is 23.1 Å². The highest BCUT2D eigenvalue weighted by atomic mass is 32.3. The van der Waals surface area contributed by atoms with E-state index in [1.165, 1.54) is 49.2 Å². The third-order valence-electron chi connectivity index (χ3n) is 3.90. The van der Waals surface area contributed by atoms with Gasteiger partial charge in [0.05, 0.1) is 25.4 Å². The van der Waals surface area contributed by atoms with Crippen LogP contribution >= 0.6 is 117 Å². The third-order valence-corrected chi connectivity index (χ3v) is 18.1. The van der Waals surface area contributed by atoms with Gasteiger partial charge in [0.15, 0.2) is 0 Å². The summed E-state index contributed by atoms with van der Waals surface area (Å²) < 4.78 is 9.35. The first-order valence-electron chi connectivity index (χ1n) is 8.43. The van der Waals surface area contributed by atoms with Crippen molar-refractivity contribution in [1.29, 1.82) is 0 Å². The predicted octanol–water partition coefficient (Wildman–Crippen LogP) is 9.04. The molecular weight excluding hydrogens is 525 g/mol. The molecule has 0 saturated carbocycles. The standard InChI is InChI=1S/C17H16S10/c1-3-18-7-10(1)8-19-4-2-11-9-22-14-15(23-11)27-17(26-14)16-24-12-13(25-16)21-6-5-20-12/h1,3,7,11H,2,4-6,8-9H2. The molecule has 0 fully saturated rings. The lowest BCUT2D eigenvalue weighted by atomic mass is 10.4. The molecule has 0 N–H and O–H groups in total. The minimum absolute atomic E-state index is 0.780. The summed E-state index contributed by atoms with van der Waals surface area (Å²) in [6.45, 7) is 0. The Morgan fingerprint density at radius 1 is 0.852 bits per heavy atom. The molecule has 0 radical (unpaired) electrons. The first kappa shape index (κ1) is 20.9. The van der Waals surface area contributed by atoms with Crippen LogP contribution < -0.4 is 0 Å². The SMILES string of the molecule is c1cc(CSCCC2CSC3=C(SC(=C4SC5=C(SCCS5)S4)S3)S2)cs1. The van der Waals surface area contributed by atoms with Crippen molar-refractivity contribution < 1.29 is 0 Å². The lowest BCUT2D eigenvalue weighted by Gasteiger charge is -2.21. The Hall–Kier alpha value is 2.07. The molecule has 5 heterocycles. The van der Waals surface area contributed by atoms with Gasteiger partial charge < -0.3 is 0 Å². The monoisotopic (exact) mass is 540 g/mol. The van der Waals surface area contributed by atoms with E-state index in [0.717, 1.165) is 5.25 Å². The van der Waals surface area contributed by atoms with Gasteiger partial charge in [0, 0.05) is 28.3 Å². The molecule has 1 aromatic rings. The van der Waals surface area contributed by atoms with Gasteiger partial charge >= 0.3 is 0 Å². The van der Waals surface area contributed by atoms with Crippen LogP contribution in [0, 0.1) is 0 Å². The van der Waals surface area contributed by atoms with Crippen LogP contribution in [0.4, 0.5) is 0 Å². The molecule has 0 aliphatic carbocycles. The molecular formula is C17H16S10. The van der Waals surface area contributed by atoms with Gasteiger partial charge in [-0.25, -0.2) is 0 Å². The van der Waals surface area contributed by atoms with Crippen LogP contribution in [-0.2, 0) is 5.75 Å². The van der Waals surface area contributed by atoms with Gasteiger partial charge in [0.25, 0.3) is 0 Å². The summed E-state index contributed by atoms with van der Waals surface area (Å²) in [6.07, 6.45) is 1.33. The van der Waals surface area contributed by atoms with E-state index in [2.05, 4.69) is 87.4 Å². The summed E-state index contributed by atoms with van der Waals surface area (Å²) in [7, 11) is 0. The summed E-state index contributed by atoms with van der Waals surface area (Å²) in [5, 5.41) is 5.24. The lowest BCUT2D eigenvalue weighted by molar-refractivity contribution is 0.931. The van der Waals surface area contributed by atoms with Crippen molar-refractivity contribution in [3.05, 3.63) is 47.8 Å². The smallest absolute Gasteiger partial charge is 0.0717 e. The van der Waals surface area contributed by atoms with E-state index in [1.807, 2.05) is 46.6 Å². The Morgan fingerprint density at radius 2 is 1.56 bits per heavy atom. The van der Waals surface area contributed by atoms with Crippen LogP contribution in [0.5, 0.6) is 0 Å². The molecule has 144 valence electrons. The summed E-state index contributed by atoms with van der Waals surface area (Å²) >= 11 is 20.4.